The Hall–Kier alpha value is -1.87. The molecule has 0 radical (unpaired) electrons. The lowest BCUT2D eigenvalue weighted by molar-refractivity contribution is -0.140. The zero-order valence-corrected chi connectivity index (χ0v) is 11.9. The number of ether oxygens (including phenoxy) is 1. The zero-order valence-electron chi connectivity index (χ0n) is 11.9. The Bertz CT molecular complexity index is 389. The fourth-order valence-electron chi connectivity index (χ4n) is 1.85. The summed E-state index contributed by atoms with van der Waals surface area (Å²) in [6, 6.07) is -2.92. The van der Waals surface area contributed by atoms with Crippen LogP contribution in [-0.4, -0.2) is 78.0 Å². The number of morpholine rings is 1. The minimum atomic E-state index is -1.40. The van der Waals surface area contributed by atoms with Crippen molar-refractivity contribution in [1.29, 1.82) is 0 Å². The lowest BCUT2D eigenvalue weighted by Gasteiger charge is -2.35. The molecule has 0 aromatic rings. The third kappa shape index (κ3) is 4.87. The van der Waals surface area contributed by atoms with Crippen molar-refractivity contribution in [2.45, 2.75) is 25.4 Å². The first-order valence-corrected chi connectivity index (χ1v) is 6.77. The Labute approximate surface area is 122 Å². The molecule has 0 spiro atoms. The van der Waals surface area contributed by atoms with E-state index in [4.69, 9.17) is 14.9 Å². The molecule has 1 saturated heterocycles. The zero-order chi connectivity index (χ0) is 15.8. The summed E-state index contributed by atoms with van der Waals surface area (Å²) in [5.74, 6) is -1.69. The van der Waals surface area contributed by atoms with Crippen LogP contribution in [0.1, 0.15) is 13.3 Å². The topological polar surface area (TPSA) is 128 Å². The van der Waals surface area contributed by atoms with Gasteiger partial charge in [-0.2, -0.15) is 0 Å². The number of carbonyl (C=O) groups excluding carboxylic acids is 2. The highest BCUT2D eigenvalue weighted by molar-refractivity contribution is 5.89. The van der Waals surface area contributed by atoms with E-state index < -0.39 is 30.7 Å². The number of carbonyl (C=O) groups is 3. The van der Waals surface area contributed by atoms with Gasteiger partial charge in [0.2, 0.25) is 5.91 Å². The van der Waals surface area contributed by atoms with E-state index in [1.807, 2.05) is 6.92 Å². The van der Waals surface area contributed by atoms with E-state index in [9.17, 15) is 14.4 Å². The number of hydrogen-bond donors (Lipinski definition) is 4. The number of nitrogens with one attached hydrogen (secondary N) is 2. The standard InChI is InChI=1S/C12H21N3O6/c1-2-3-13-10(17)9-7-21-5-4-15(9)12(20)14-8(6-16)11(18)19/h8-9,16H,2-7H2,1H3,(H,13,17)(H,14,20)(H,18,19)/t8-,9?/m1/s1. The van der Waals surface area contributed by atoms with E-state index in [1.165, 1.54) is 4.90 Å². The van der Waals surface area contributed by atoms with Crippen LogP contribution >= 0.6 is 0 Å². The first-order chi connectivity index (χ1) is 10.0. The number of nitrogens with zero attached hydrogens (tertiary/aromatic N) is 1. The van der Waals surface area contributed by atoms with Gasteiger partial charge in [0, 0.05) is 13.1 Å². The Morgan fingerprint density at radius 2 is 2.14 bits per heavy atom. The van der Waals surface area contributed by atoms with E-state index >= 15 is 0 Å². The second-order valence-corrected chi connectivity index (χ2v) is 4.60. The molecule has 1 rings (SSSR count). The molecule has 120 valence electrons. The summed E-state index contributed by atoms with van der Waals surface area (Å²) >= 11 is 0. The minimum Gasteiger partial charge on any atom is -0.480 e. The molecule has 2 atom stereocenters. The second kappa shape index (κ2) is 8.42. The number of amides is 3. The van der Waals surface area contributed by atoms with Crippen LogP contribution in [0.2, 0.25) is 0 Å². The normalized spacial score (nSPS) is 19.7. The maximum Gasteiger partial charge on any atom is 0.328 e. The van der Waals surface area contributed by atoms with Gasteiger partial charge in [0.1, 0.15) is 6.04 Å². The number of aliphatic carboxylic acids is 1. The number of carboxylic acid groups (broad SMARTS) is 1. The van der Waals surface area contributed by atoms with Crippen molar-refractivity contribution in [3.05, 3.63) is 0 Å². The van der Waals surface area contributed by atoms with Gasteiger partial charge in [0.25, 0.3) is 0 Å². The Morgan fingerprint density at radius 1 is 1.43 bits per heavy atom. The van der Waals surface area contributed by atoms with Gasteiger partial charge in [-0.25, -0.2) is 9.59 Å². The molecular formula is C12H21N3O6. The molecule has 0 bridgehead atoms. The Kier molecular flexibility index (Phi) is 6.89. The van der Waals surface area contributed by atoms with Gasteiger partial charge >= 0.3 is 12.0 Å². The third-order valence-corrected chi connectivity index (χ3v) is 3.02. The molecule has 21 heavy (non-hydrogen) atoms. The van der Waals surface area contributed by atoms with Crippen LogP contribution in [-0.2, 0) is 14.3 Å². The Morgan fingerprint density at radius 3 is 2.71 bits per heavy atom. The molecule has 0 aromatic carbocycles. The summed E-state index contributed by atoms with van der Waals surface area (Å²) in [5.41, 5.74) is 0. The molecule has 1 heterocycles. The maximum atomic E-state index is 12.1. The van der Waals surface area contributed by atoms with E-state index in [0.29, 0.717) is 6.54 Å². The van der Waals surface area contributed by atoms with Gasteiger partial charge in [-0.05, 0) is 6.42 Å². The van der Waals surface area contributed by atoms with Gasteiger partial charge in [0.15, 0.2) is 6.04 Å². The van der Waals surface area contributed by atoms with Gasteiger partial charge in [0.05, 0.1) is 19.8 Å². The molecule has 0 aliphatic carbocycles. The van der Waals surface area contributed by atoms with Gasteiger partial charge < -0.3 is 30.5 Å². The van der Waals surface area contributed by atoms with Crippen molar-refractivity contribution < 1.29 is 29.3 Å². The number of rotatable bonds is 6. The summed E-state index contributed by atoms with van der Waals surface area (Å²) in [7, 11) is 0. The van der Waals surface area contributed by atoms with E-state index in [2.05, 4.69) is 10.6 Å². The molecule has 1 aliphatic heterocycles. The summed E-state index contributed by atoms with van der Waals surface area (Å²) in [6.07, 6.45) is 0.761. The lowest BCUT2D eigenvalue weighted by Crippen LogP contribution is -2.60. The molecule has 9 heteroatoms. The van der Waals surface area contributed by atoms with Gasteiger partial charge in [-0.3, -0.25) is 4.79 Å². The van der Waals surface area contributed by atoms with E-state index in [-0.39, 0.29) is 25.7 Å². The fraction of sp³-hybridized carbons (Fsp3) is 0.750. The highest BCUT2D eigenvalue weighted by atomic mass is 16.5. The average molecular weight is 303 g/mol. The molecule has 4 N–H and O–H groups in total. The van der Waals surface area contributed by atoms with Crippen molar-refractivity contribution in [3.8, 4) is 0 Å². The fourth-order valence-corrected chi connectivity index (χ4v) is 1.85. The summed E-state index contributed by atoms with van der Waals surface area (Å²) in [4.78, 5) is 36.1. The van der Waals surface area contributed by atoms with Crippen molar-refractivity contribution in [2.24, 2.45) is 0 Å². The molecule has 3 amide bonds. The smallest absolute Gasteiger partial charge is 0.328 e. The van der Waals surface area contributed by atoms with Crippen molar-refractivity contribution in [2.75, 3.05) is 32.9 Å². The number of hydrogen-bond acceptors (Lipinski definition) is 5. The molecule has 1 aliphatic rings. The third-order valence-electron chi connectivity index (χ3n) is 3.02. The highest BCUT2D eigenvalue weighted by Gasteiger charge is 2.34. The van der Waals surface area contributed by atoms with E-state index in [1.54, 1.807) is 0 Å². The molecular weight excluding hydrogens is 282 g/mol. The molecule has 1 unspecified atom stereocenters. The first kappa shape index (κ1) is 17.2. The Balaban J connectivity index is 2.69. The van der Waals surface area contributed by atoms with Crippen LogP contribution in [0.5, 0.6) is 0 Å². The summed E-state index contributed by atoms with van der Waals surface area (Å²) < 4.78 is 5.19. The first-order valence-electron chi connectivity index (χ1n) is 6.77. The quantitative estimate of drug-likeness (QED) is 0.466. The number of aliphatic hydroxyl groups is 1. The predicted molar refractivity (Wildman–Crippen MR) is 71.7 cm³/mol. The molecule has 0 saturated carbocycles. The molecule has 1 fully saturated rings. The summed E-state index contributed by atoms with van der Waals surface area (Å²) in [6.45, 7) is 2.16. The number of carboxylic acids is 1. The number of urea groups is 1. The van der Waals surface area contributed by atoms with Gasteiger partial charge in [-0.15, -0.1) is 0 Å². The van der Waals surface area contributed by atoms with Crippen molar-refractivity contribution in [1.82, 2.24) is 15.5 Å². The predicted octanol–water partition coefficient (Wildman–Crippen LogP) is -1.63. The maximum absolute atomic E-state index is 12.1. The van der Waals surface area contributed by atoms with Crippen LogP contribution in [0.15, 0.2) is 0 Å². The molecule has 0 aromatic heterocycles. The van der Waals surface area contributed by atoms with Crippen LogP contribution < -0.4 is 10.6 Å². The lowest BCUT2D eigenvalue weighted by atomic mass is 10.2. The monoisotopic (exact) mass is 303 g/mol. The second-order valence-electron chi connectivity index (χ2n) is 4.60. The van der Waals surface area contributed by atoms with Gasteiger partial charge in [-0.1, -0.05) is 6.92 Å². The SMILES string of the molecule is CCCNC(=O)C1COCCN1C(=O)N[C@H](CO)C(=O)O. The average Bonchev–Trinajstić information content (AvgIpc) is 2.49. The highest BCUT2D eigenvalue weighted by Crippen LogP contribution is 2.08. The van der Waals surface area contributed by atoms with Crippen LogP contribution in [0.25, 0.3) is 0 Å². The van der Waals surface area contributed by atoms with Crippen molar-refractivity contribution in [3.63, 3.8) is 0 Å². The van der Waals surface area contributed by atoms with Crippen LogP contribution in [0.4, 0.5) is 4.79 Å². The van der Waals surface area contributed by atoms with Crippen LogP contribution in [0, 0.1) is 0 Å². The van der Waals surface area contributed by atoms with Crippen molar-refractivity contribution >= 4 is 17.9 Å². The van der Waals surface area contributed by atoms with E-state index in [0.717, 1.165) is 6.42 Å². The minimum absolute atomic E-state index is 0.0554. The largest absolute Gasteiger partial charge is 0.480 e. The molecule has 9 nitrogen and oxygen atoms in total. The summed E-state index contributed by atoms with van der Waals surface area (Å²) in [5, 5.41) is 22.6. The number of aliphatic hydroxyl groups excluding tert-OH is 1. The van der Waals surface area contributed by atoms with Crippen LogP contribution in [0.3, 0.4) is 0 Å².